The molecule has 5 aromatic rings. The van der Waals surface area contributed by atoms with E-state index >= 15 is 0 Å². The first kappa shape index (κ1) is 22.4. The van der Waals surface area contributed by atoms with Gasteiger partial charge in [0.25, 0.3) is 0 Å². The van der Waals surface area contributed by atoms with Gasteiger partial charge >= 0.3 is 11.9 Å². The summed E-state index contributed by atoms with van der Waals surface area (Å²) in [6, 6.07) is 12.1. The molecule has 0 amide bonds. The van der Waals surface area contributed by atoms with E-state index in [2.05, 4.69) is 15.0 Å². The second-order valence-electron chi connectivity index (χ2n) is 7.99. The molecular formula is C24H17F4N5O2. The largest absolute Gasteiger partial charge is 0.507 e. The Morgan fingerprint density at radius 2 is 1.86 bits per heavy atom. The number of benzene rings is 2. The summed E-state index contributed by atoms with van der Waals surface area (Å²) >= 11 is 0. The van der Waals surface area contributed by atoms with E-state index in [1.165, 1.54) is 46.6 Å². The number of hydrogen-bond acceptors (Lipinski definition) is 4. The Bertz CT molecular complexity index is 1590. The van der Waals surface area contributed by atoms with Crippen LogP contribution in [0.15, 0.2) is 65.7 Å². The zero-order chi connectivity index (χ0) is 24.9. The number of alkyl halides is 3. The molecule has 0 unspecified atom stereocenters. The Hall–Kier alpha value is -4.41. The van der Waals surface area contributed by atoms with Gasteiger partial charge in [0.2, 0.25) is 0 Å². The van der Waals surface area contributed by atoms with Crippen LogP contribution in [0.4, 0.5) is 17.6 Å². The lowest BCUT2D eigenvalue weighted by Crippen LogP contribution is -2.17. The number of phenolic OH excluding ortho intramolecular Hbond substituents is 1. The number of aromatic amines is 1. The van der Waals surface area contributed by atoms with E-state index in [1.807, 2.05) is 0 Å². The summed E-state index contributed by atoms with van der Waals surface area (Å²) < 4.78 is 55.9. The van der Waals surface area contributed by atoms with Crippen LogP contribution in [0.3, 0.4) is 0 Å². The van der Waals surface area contributed by atoms with Gasteiger partial charge in [-0.25, -0.2) is 14.2 Å². The predicted molar refractivity (Wildman–Crippen MR) is 120 cm³/mol. The summed E-state index contributed by atoms with van der Waals surface area (Å²) in [5, 5.41) is 10.1. The highest BCUT2D eigenvalue weighted by atomic mass is 19.4. The van der Waals surface area contributed by atoms with Crippen molar-refractivity contribution in [2.24, 2.45) is 7.05 Å². The Morgan fingerprint density at radius 1 is 1.11 bits per heavy atom. The summed E-state index contributed by atoms with van der Waals surface area (Å²) in [6.45, 7) is 0.139. The molecule has 0 spiro atoms. The van der Waals surface area contributed by atoms with Gasteiger partial charge in [-0.1, -0.05) is 30.3 Å². The number of aryl methyl sites for hydroxylation is 1. The zero-order valence-corrected chi connectivity index (χ0v) is 18.1. The fraction of sp³-hybridized carbons (Fsp3) is 0.125. The number of nitrogens with zero attached hydrogens (tertiary/aromatic N) is 4. The minimum Gasteiger partial charge on any atom is -0.507 e. The van der Waals surface area contributed by atoms with Crippen molar-refractivity contribution in [1.29, 1.82) is 0 Å². The van der Waals surface area contributed by atoms with E-state index in [1.54, 1.807) is 24.3 Å². The van der Waals surface area contributed by atoms with Crippen LogP contribution in [0.1, 0.15) is 11.3 Å². The number of nitrogens with one attached hydrogen (secondary N) is 1. The van der Waals surface area contributed by atoms with Crippen LogP contribution in [0.25, 0.3) is 33.7 Å². The molecule has 11 heteroatoms. The highest BCUT2D eigenvalue weighted by Crippen LogP contribution is 2.32. The average Bonchev–Trinajstić information content (AvgIpc) is 3.34. The van der Waals surface area contributed by atoms with Crippen molar-refractivity contribution < 1.29 is 22.7 Å². The maximum atomic E-state index is 14.3. The summed E-state index contributed by atoms with van der Waals surface area (Å²) in [7, 11) is 1.48. The molecule has 0 aliphatic heterocycles. The molecule has 178 valence electrons. The molecule has 2 N–H and O–H groups in total. The Kier molecular flexibility index (Phi) is 5.19. The molecule has 0 fully saturated rings. The van der Waals surface area contributed by atoms with Crippen molar-refractivity contribution in [3.8, 4) is 28.4 Å². The quantitative estimate of drug-likeness (QED) is 0.363. The molecular weight excluding hydrogens is 466 g/mol. The minimum absolute atomic E-state index is 0.0766. The third-order valence-electron chi connectivity index (χ3n) is 5.63. The van der Waals surface area contributed by atoms with Crippen LogP contribution in [0.5, 0.6) is 5.75 Å². The fourth-order valence-corrected chi connectivity index (χ4v) is 3.93. The number of imidazole rings is 2. The normalized spacial score (nSPS) is 11.9. The lowest BCUT2D eigenvalue weighted by Gasteiger charge is -2.08. The minimum atomic E-state index is -4.54. The maximum absolute atomic E-state index is 14.3. The Balaban J connectivity index is 1.49. The molecule has 0 aliphatic rings. The van der Waals surface area contributed by atoms with Crippen LogP contribution >= 0.6 is 0 Å². The first-order valence-electron chi connectivity index (χ1n) is 10.4. The summed E-state index contributed by atoms with van der Waals surface area (Å²) in [5.41, 5.74) is 0.756. The molecule has 0 radical (unpaired) electrons. The van der Waals surface area contributed by atoms with Crippen molar-refractivity contribution in [2.45, 2.75) is 12.7 Å². The van der Waals surface area contributed by atoms with Crippen molar-refractivity contribution in [3.05, 3.63) is 88.5 Å². The van der Waals surface area contributed by atoms with Crippen LogP contribution in [0.2, 0.25) is 0 Å². The van der Waals surface area contributed by atoms with E-state index in [4.69, 9.17) is 0 Å². The summed E-state index contributed by atoms with van der Waals surface area (Å²) in [5.74, 6) is -0.770. The third-order valence-corrected chi connectivity index (χ3v) is 5.63. The lowest BCUT2D eigenvalue weighted by molar-refractivity contribution is -0.140. The van der Waals surface area contributed by atoms with Crippen molar-refractivity contribution in [3.63, 3.8) is 0 Å². The molecule has 0 atom stereocenters. The van der Waals surface area contributed by atoms with Gasteiger partial charge in [-0.05, 0) is 23.8 Å². The summed E-state index contributed by atoms with van der Waals surface area (Å²) in [6.07, 6.45) is -2.23. The van der Waals surface area contributed by atoms with E-state index in [0.29, 0.717) is 22.2 Å². The predicted octanol–water partition coefficient (Wildman–Crippen LogP) is 4.70. The van der Waals surface area contributed by atoms with Crippen molar-refractivity contribution in [2.75, 3.05) is 0 Å². The van der Waals surface area contributed by atoms with Gasteiger partial charge < -0.3 is 14.7 Å². The Morgan fingerprint density at radius 3 is 2.51 bits per heavy atom. The third kappa shape index (κ3) is 4.05. The molecule has 5 rings (SSSR count). The van der Waals surface area contributed by atoms with Gasteiger partial charge in [-0.2, -0.15) is 13.2 Å². The van der Waals surface area contributed by atoms with Gasteiger partial charge in [0.1, 0.15) is 17.4 Å². The second-order valence-corrected chi connectivity index (χ2v) is 7.99. The molecule has 0 saturated carbocycles. The monoisotopic (exact) mass is 483 g/mol. The fourth-order valence-electron chi connectivity index (χ4n) is 3.93. The number of fused-ring (bicyclic) bond motifs is 1. The number of hydrogen-bond donors (Lipinski definition) is 2. The molecule has 0 saturated heterocycles. The van der Waals surface area contributed by atoms with Gasteiger partial charge in [-0.3, -0.25) is 9.55 Å². The van der Waals surface area contributed by atoms with Crippen LogP contribution in [-0.2, 0) is 19.8 Å². The zero-order valence-electron chi connectivity index (χ0n) is 18.1. The van der Waals surface area contributed by atoms with E-state index in [-0.39, 0.29) is 29.4 Å². The van der Waals surface area contributed by atoms with Crippen LogP contribution in [-0.4, -0.2) is 29.2 Å². The van der Waals surface area contributed by atoms with E-state index in [9.17, 15) is 27.5 Å². The number of aromatic hydroxyl groups is 1. The highest BCUT2D eigenvalue weighted by Gasteiger charge is 2.34. The first-order valence-corrected chi connectivity index (χ1v) is 10.4. The topological polar surface area (TPSA) is 88.7 Å². The number of rotatable bonds is 4. The molecule has 35 heavy (non-hydrogen) atoms. The smallest absolute Gasteiger partial charge is 0.434 e. The van der Waals surface area contributed by atoms with Crippen molar-refractivity contribution in [1.82, 2.24) is 24.1 Å². The molecule has 3 aromatic heterocycles. The molecule has 7 nitrogen and oxygen atoms in total. The maximum Gasteiger partial charge on any atom is 0.434 e. The van der Waals surface area contributed by atoms with Gasteiger partial charge in [0.15, 0.2) is 5.69 Å². The highest BCUT2D eigenvalue weighted by molar-refractivity contribution is 5.81. The summed E-state index contributed by atoms with van der Waals surface area (Å²) in [4.78, 5) is 23.1. The average molecular weight is 483 g/mol. The number of H-pyrrole nitrogens is 1. The van der Waals surface area contributed by atoms with E-state index < -0.39 is 23.4 Å². The Labute approximate surface area is 194 Å². The first-order chi connectivity index (χ1) is 16.6. The SMILES string of the molecule is Cn1cc(C(F)(F)F)nc1-c1ccc(Cn2c(=O)[nH]c3cnc(-c4c(O)cccc4F)cc32)cc1. The number of pyridine rings is 1. The lowest BCUT2D eigenvalue weighted by atomic mass is 10.1. The molecule has 2 aromatic carbocycles. The standard InChI is InChI=1S/C24H17F4N5O2/c1-32-12-20(24(26,27)28)31-22(32)14-7-5-13(6-8-14)11-33-18-9-16(29-10-17(18)30-23(33)35)21-15(25)3-2-4-19(21)34/h2-10,12,34H,11H2,1H3,(H,30,35). The number of aromatic nitrogens is 5. The van der Waals surface area contributed by atoms with Gasteiger partial charge in [-0.15, -0.1) is 0 Å². The number of halogens is 4. The van der Waals surface area contributed by atoms with Crippen LogP contribution in [0, 0.1) is 5.82 Å². The van der Waals surface area contributed by atoms with E-state index in [0.717, 1.165) is 6.20 Å². The van der Waals surface area contributed by atoms with Gasteiger partial charge in [0, 0.05) is 18.8 Å². The number of phenols is 1. The molecule has 3 heterocycles. The van der Waals surface area contributed by atoms with Crippen LogP contribution < -0.4 is 5.69 Å². The second kappa shape index (κ2) is 8.12. The molecule has 0 aliphatic carbocycles. The van der Waals surface area contributed by atoms with Gasteiger partial charge in [0.05, 0.1) is 35.0 Å². The molecule has 0 bridgehead atoms. The van der Waals surface area contributed by atoms with Crippen molar-refractivity contribution >= 4 is 11.0 Å².